The summed E-state index contributed by atoms with van der Waals surface area (Å²) in [5.74, 6) is 0.924. The van der Waals surface area contributed by atoms with E-state index in [1.54, 1.807) is 11.8 Å². The van der Waals surface area contributed by atoms with Crippen molar-refractivity contribution in [3.8, 4) is 0 Å². The predicted molar refractivity (Wildman–Crippen MR) is 105 cm³/mol. The first-order valence-corrected chi connectivity index (χ1v) is 10.3. The van der Waals surface area contributed by atoms with Gasteiger partial charge in [0.25, 0.3) is 6.47 Å². The molecule has 0 bridgehead atoms. The van der Waals surface area contributed by atoms with Gasteiger partial charge < -0.3 is 14.5 Å². The third kappa shape index (κ3) is 4.54. The van der Waals surface area contributed by atoms with Gasteiger partial charge in [-0.2, -0.15) is 0 Å². The summed E-state index contributed by atoms with van der Waals surface area (Å²) in [6.07, 6.45) is 6.26. The zero-order chi connectivity index (χ0) is 19.9. The zero-order valence-corrected chi connectivity index (χ0v) is 16.6. The fraction of sp³-hybridized carbons (Fsp3) is 0.591. The number of carbonyl (C=O) groups is 3. The van der Waals surface area contributed by atoms with Gasteiger partial charge in [0.15, 0.2) is 0 Å². The number of hydrogen-bond acceptors (Lipinski definition) is 4. The molecular formula is C22H30N2O4. The molecule has 1 aliphatic carbocycles. The normalized spacial score (nSPS) is 25.7. The summed E-state index contributed by atoms with van der Waals surface area (Å²) >= 11 is 0. The molecule has 3 atom stereocenters. The maximum atomic E-state index is 12.8. The third-order valence-electron chi connectivity index (χ3n) is 6.02. The van der Waals surface area contributed by atoms with E-state index in [9.17, 15) is 14.4 Å². The lowest BCUT2D eigenvalue weighted by Gasteiger charge is -2.39. The van der Waals surface area contributed by atoms with E-state index in [4.69, 9.17) is 0 Å². The minimum Gasteiger partial charge on any atom is -0.468 e. The van der Waals surface area contributed by atoms with Crippen LogP contribution in [-0.4, -0.2) is 59.9 Å². The minimum atomic E-state index is -0.164. The van der Waals surface area contributed by atoms with Crippen molar-refractivity contribution in [1.82, 2.24) is 9.80 Å². The first kappa shape index (κ1) is 20.4. The molecule has 6 nitrogen and oxygen atoms in total. The maximum absolute atomic E-state index is 12.8. The highest BCUT2D eigenvalue weighted by Crippen LogP contribution is 2.42. The van der Waals surface area contributed by atoms with Crippen LogP contribution in [0.4, 0.5) is 0 Å². The number of rotatable bonds is 6. The number of amides is 2. The molecule has 0 N–H and O–H groups in total. The fourth-order valence-electron chi connectivity index (χ4n) is 4.78. The van der Waals surface area contributed by atoms with Crippen molar-refractivity contribution < 1.29 is 19.1 Å². The van der Waals surface area contributed by atoms with E-state index in [1.165, 1.54) is 18.4 Å². The monoisotopic (exact) mass is 386 g/mol. The standard InChI is InChI=1S/C19H24N2O2.C3H6O2/c22-18-13-20(11-5-8-14-6-2-1-3-7-14)19(23)17-12-15-9-4-10-16(15)21(17)18;1-2-5-3-4/h1-3,6-7,15-17H,4-5,8-13H2;3H,2H2,1H3/t15-,16-,17?;/m0./s1. The maximum Gasteiger partial charge on any atom is 0.293 e. The van der Waals surface area contributed by atoms with Crippen LogP contribution in [0.25, 0.3) is 0 Å². The van der Waals surface area contributed by atoms with Gasteiger partial charge in [-0.25, -0.2) is 0 Å². The van der Waals surface area contributed by atoms with Crippen molar-refractivity contribution >= 4 is 18.3 Å². The van der Waals surface area contributed by atoms with E-state index in [0.717, 1.165) is 25.7 Å². The van der Waals surface area contributed by atoms with E-state index in [1.807, 2.05) is 23.1 Å². The highest BCUT2D eigenvalue weighted by atomic mass is 16.5. The molecule has 3 fully saturated rings. The van der Waals surface area contributed by atoms with E-state index in [0.29, 0.717) is 31.6 Å². The van der Waals surface area contributed by atoms with Gasteiger partial charge in [0.1, 0.15) is 6.04 Å². The van der Waals surface area contributed by atoms with Gasteiger partial charge in [0, 0.05) is 12.6 Å². The van der Waals surface area contributed by atoms with Crippen molar-refractivity contribution in [2.45, 2.75) is 57.5 Å². The van der Waals surface area contributed by atoms with Gasteiger partial charge in [-0.15, -0.1) is 0 Å². The van der Waals surface area contributed by atoms with Crippen LogP contribution in [0.2, 0.25) is 0 Å². The van der Waals surface area contributed by atoms with Crippen LogP contribution in [-0.2, 0) is 25.5 Å². The van der Waals surface area contributed by atoms with Gasteiger partial charge in [-0.1, -0.05) is 36.8 Å². The largest absolute Gasteiger partial charge is 0.468 e. The molecule has 1 aromatic rings. The van der Waals surface area contributed by atoms with E-state index in [-0.39, 0.29) is 24.4 Å². The summed E-state index contributed by atoms with van der Waals surface area (Å²) in [6.45, 7) is 3.64. The fourth-order valence-corrected chi connectivity index (χ4v) is 4.78. The lowest BCUT2D eigenvalue weighted by Crippen LogP contribution is -2.59. The number of ether oxygens (including phenoxy) is 1. The summed E-state index contributed by atoms with van der Waals surface area (Å²) in [5, 5.41) is 0. The van der Waals surface area contributed by atoms with Crippen LogP contribution in [0.5, 0.6) is 0 Å². The summed E-state index contributed by atoms with van der Waals surface area (Å²) < 4.78 is 4.15. The van der Waals surface area contributed by atoms with Crippen LogP contribution in [0.15, 0.2) is 30.3 Å². The van der Waals surface area contributed by atoms with Gasteiger partial charge >= 0.3 is 0 Å². The first-order valence-electron chi connectivity index (χ1n) is 10.3. The second kappa shape index (κ2) is 9.71. The molecule has 3 aliphatic rings. The molecule has 1 aromatic carbocycles. The Balaban J connectivity index is 0.000000403. The van der Waals surface area contributed by atoms with Crippen LogP contribution >= 0.6 is 0 Å². The summed E-state index contributed by atoms with van der Waals surface area (Å²) in [5.41, 5.74) is 1.29. The molecule has 2 aliphatic heterocycles. The Labute approximate surface area is 166 Å². The molecule has 2 amide bonds. The Hall–Kier alpha value is -2.37. The predicted octanol–water partition coefficient (Wildman–Crippen LogP) is 2.41. The number of hydrogen-bond donors (Lipinski definition) is 0. The number of benzene rings is 1. The van der Waals surface area contributed by atoms with E-state index < -0.39 is 0 Å². The van der Waals surface area contributed by atoms with Crippen LogP contribution < -0.4 is 0 Å². The Morgan fingerprint density at radius 1 is 1.18 bits per heavy atom. The molecule has 0 spiro atoms. The average molecular weight is 386 g/mol. The molecule has 4 rings (SSSR count). The van der Waals surface area contributed by atoms with Crippen molar-refractivity contribution in [3.63, 3.8) is 0 Å². The second-order valence-electron chi connectivity index (χ2n) is 7.71. The molecule has 1 saturated carbocycles. The highest BCUT2D eigenvalue weighted by molar-refractivity contribution is 5.95. The molecule has 6 heteroatoms. The minimum absolute atomic E-state index is 0.164. The first-order chi connectivity index (χ1) is 13.7. The number of piperazine rings is 1. The van der Waals surface area contributed by atoms with Gasteiger partial charge in [0.2, 0.25) is 11.8 Å². The van der Waals surface area contributed by atoms with Crippen molar-refractivity contribution in [3.05, 3.63) is 35.9 Å². The molecule has 152 valence electrons. The summed E-state index contributed by atoms with van der Waals surface area (Å²) in [6, 6.07) is 10.5. The number of carbonyl (C=O) groups excluding carboxylic acids is 3. The lowest BCUT2D eigenvalue weighted by atomic mass is 10.0. The molecule has 0 aromatic heterocycles. The zero-order valence-electron chi connectivity index (χ0n) is 16.6. The van der Waals surface area contributed by atoms with Crippen LogP contribution in [0.3, 0.4) is 0 Å². The van der Waals surface area contributed by atoms with Gasteiger partial charge in [-0.3, -0.25) is 14.4 Å². The third-order valence-corrected chi connectivity index (χ3v) is 6.02. The Morgan fingerprint density at radius 3 is 2.64 bits per heavy atom. The van der Waals surface area contributed by atoms with Crippen LogP contribution in [0, 0.1) is 5.92 Å². The Morgan fingerprint density at radius 2 is 1.96 bits per heavy atom. The van der Waals surface area contributed by atoms with Crippen LogP contribution in [0.1, 0.15) is 44.6 Å². The second-order valence-corrected chi connectivity index (χ2v) is 7.71. The summed E-state index contributed by atoms with van der Waals surface area (Å²) in [7, 11) is 0. The number of aryl methyl sites for hydroxylation is 1. The van der Waals surface area contributed by atoms with Gasteiger partial charge in [-0.05, 0) is 50.5 Å². The quantitative estimate of drug-likeness (QED) is 0.704. The molecule has 28 heavy (non-hydrogen) atoms. The smallest absolute Gasteiger partial charge is 0.293 e. The number of fused-ring (bicyclic) bond motifs is 3. The SMILES string of the molecule is CCOC=O.O=C1C2C[C@@H]3CCC[C@@H]3N2C(=O)CN1CCCc1ccccc1. The molecule has 2 heterocycles. The van der Waals surface area contributed by atoms with E-state index >= 15 is 0 Å². The summed E-state index contributed by atoms with van der Waals surface area (Å²) in [4.78, 5) is 38.2. The topological polar surface area (TPSA) is 66.9 Å². The van der Waals surface area contributed by atoms with Crippen molar-refractivity contribution in [1.29, 1.82) is 0 Å². The average Bonchev–Trinajstić information content (AvgIpc) is 3.29. The van der Waals surface area contributed by atoms with Crippen molar-refractivity contribution in [2.24, 2.45) is 5.92 Å². The lowest BCUT2D eigenvalue weighted by molar-refractivity contribution is -0.155. The molecule has 0 radical (unpaired) electrons. The molecular weight excluding hydrogens is 356 g/mol. The molecule has 1 unspecified atom stereocenters. The highest BCUT2D eigenvalue weighted by Gasteiger charge is 2.52. The Kier molecular flexibility index (Phi) is 7.06. The van der Waals surface area contributed by atoms with Crippen molar-refractivity contribution in [2.75, 3.05) is 19.7 Å². The number of nitrogens with zero attached hydrogens (tertiary/aromatic N) is 2. The Bertz CT molecular complexity index is 678. The molecule has 2 saturated heterocycles. The van der Waals surface area contributed by atoms with Gasteiger partial charge in [0.05, 0.1) is 13.2 Å². The van der Waals surface area contributed by atoms with E-state index in [2.05, 4.69) is 16.9 Å².